The van der Waals surface area contributed by atoms with Crippen LogP contribution in [0.3, 0.4) is 0 Å². The van der Waals surface area contributed by atoms with Gasteiger partial charge in [-0.15, -0.1) is 0 Å². The third-order valence-corrected chi connectivity index (χ3v) is 6.32. The van der Waals surface area contributed by atoms with Crippen LogP contribution in [0.25, 0.3) is 0 Å². The Bertz CT molecular complexity index is 1030. The molecule has 0 saturated carbocycles. The molecule has 2 heterocycles. The van der Waals surface area contributed by atoms with Crippen LogP contribution in [0.1, 0.15) is 16.1 Å². The first kappa shape index (κ1) is 21.0. The van der Waals surface area contributed by atoms with Gasteiger partial charge in [-0.1, -0.05) is 71.4 Å². The molecule has 154 valence electrons. The molecule has 4 rings (SSSR count). The van der Waals surface area contributed by atoms with Gasteiger partial charge in [0.2, 0.25) is 0 Å². The lowest BCUT2D eigenvalue weighted by molar-refractivity contribution is 0.0740. The predicted octanol–water partition coefficient (Wildman–Crippen LogP) is 5.04. The quantitative estimate of drug-likeness (QED) is 0.395. The number of carbonyl (C=O) groups excluding carboxylic acids is 1. The Hall–Kier alpha value is -2.28. The maximum absolute atomic E-state index is 13.0. The number of nitrogens with zero attached hydrogens (tertiary/aromatic N) is 4. The molecule has 2 aromatic carbocycles. The number of aromatic nitrogens is 2. The molecule has 0 aliphatic carbocycles. The molecule has 0 bridgehead atoms. The Morgan fingerprint density at radius 1 is 1.00 bits per heavy atom. The number of benzene rings is 2. The number of hydrogen-bond acceptors (Lipinski definition) is 5. The molecule has 1 amide bonds. The minimum absolute atomic E-state index is 0.158. The summed E-state index contributed by atoms with van der Waals surface area (Å²) in [7, 11) is 0. The smallest absolute Gasteiger partial charge is 0.274 e. The summed E-state index contributed by atoms with van der Waals surface area (Å²) in [6.45, 7) is 2.64. The summed E-state index contributed by atoms with van der Waals surface area (Å²) in [5, 5.41) is 1.53. The number of carbonyl (C=O) groups is 1. The molecule has 3 aromatic rings. The van der Waals surface area contributed by atoms with E-state index in [0.717, 1.165) is 24.5 Å². The second-order valence-corrected chi connectivity index (χ2v) is 8.67. The Morgan fingerprint density at radius 3 is 2.50 bits per heavy atom. The number of rotatable bonds is 5. The fourth-order valence-electron chi connectivity index (χ4n) is 3.28. The van der Waals surface area contributed by atoms with E-state index < -0.39 is 0 Å². The van der Waals surface area contributed by atoms with E-state index in [1.54, 1.807) is 4.90 Å². The average molecular weight is 459 g/mol. The Kier molecular flexibility index (Phi) is 6.77. The van der Waals surface area contributed by atoms with E-state index >= 15 is 0 Å². The third kappa shape index (κ3) is 5.06. The monoisotopic (exact) mass is 458 g/mol. The van der Waals surface area contributed by atoms with E-state index in [4.69, 9.17) is 23.2 Å². The van der Waals surface area contributed by atoms with E-state index in [-0.39, 0.29) is 16.6 Å². The maximum atomic E-state index is 13.0. The average Bonchev–Trinajstić information content (AvgIpc) is 2.79. The van der Waals surface area contributed by atoms with Gasteiger partial charge in [0.25, 0.3) is 5.91 Å². The van der Waals surface area contributed by atoms with E-state index in [0.29, 0.717) is 23.3 Å². The van der Waals surface area contributed by atoms with Crippen LogP contribution in [0, 0.1) is 0 Å². The van der Waals surface area contributed by atoms with Gasteiger partial charge in [-0.05, 0) is 23.8 Å². The number of halogens is 2. The molecule has 5 nitrogen and oxygen atoms in total. The summed E-state index contributed by atoms with van der Waals surface area (Å²) < 4.78 is 0. The highest BCUT2D eigenvalue weighted by atomic mass is 35.5. The molecule has 0 spiro atoms. The van der Waals surface area contributed by atoms with Gasteiger partial charge in [0.05, 0.1) is 11.2 Å². The SMILES string of the molecule is O=C(c1nc(SCc2ccccc2)ncc1Cl)N1CCN(c2cccc(Cl)c2)CC1. The number of anilines is 1. The van der Waals surface area contributed by atoms with Crippen molar-refractivity contribution in [3.05, 3.63) is 82.1 Å². The summed E-state index contributed by atoms with van der Waals surface area (Å²) in [5.74, 6) is 0.573. The molecule has 1 aliphatic heterocycles. The lowest BCUT2D eigenvalue weighted by Gasteiger charge is -2.36. The molecule has 0 N–H and O–H groups in total. The number of thioether (sulfide) groups is 1. The van der Waals surface area contributed by atoms with Crippen molar-refractivity contribution in [3.63, 3.8) is 0 Å². The van der Waals surface area contributed by atoms with Gasteiger partial charge >= 0.3 is 0 Å². The second kappa shape index (κ2) is 9.69. The number of piperazine rings is 1. The van der Waals surface area contributed by atoms with Crippen molar-refractivity contribution < 1.29 is 4.79 Å². The molecule has 1 aromatic heterocycles. The molecule has 30 heavy (non-hydrogen) atoms. The largest absolute Gasteiger partial charge is 0.368 e. The van der Waals surface area contributed by atoms with Gasteiger partial charge in [0.1, 0.15) is 0 Å². The topological polar surface area (TPSA) is 49.3 Å². The molecule has 8 heteroatoms. The summed E-state index contributed by atoms with van der Waals surface area (Å²) in [4.78, 5) is 25.8. The first-order valence-electron chi connectivity index (χ1n) is 9.59. The first-order valence-corrected chi connectivity index (χ1v) is 11.3. The molecule has 1 fully saturated rings. The molecule has 0 radical (unpaired) electrons. The Morgan fingerprint density at radius 2 is 1.77 bits per heavy atom. The summed E-state index contributed by atoms with van der Waals surface area (Å²) in [6, 6.07) is 17.8. The lowest BCUT2D eigenvalue weighted by Crippen LogP contribution is -2.49. The van der Waals surface area contributed by atoms with Crippen molar-refractivity contribution in [1.29, 1.82) is 0 Å². The van der Waals surface area contributed by atoms with Gasteiger partial charge < -0.3 is 9.80 Å². The summed E-state index contributed by atoms with van der Waals surface area (Å²) in [6.07, 6.45) is 1.51. The zero-order chi connectivity index (χ0) is 20.9. The predicted molar refractivity (Wildman–Crippen MR) is 123 cm³/mol. The van der Waals surface area contributed by atoms with Crippen LogP contribution in [0.5, 0.6) is 0 Å². The van der Waals surface area contributed by atoms with Crippen molar-refractivity contribution in [3.8, 4) is 0 Å². The van der Waals surface area contributed by atoms with Gasteiger partial charge in [-0.25, -0.2) is 9.97 Å². The minimum Gasteiger partial charge on any atom is -0.368 e. The zero-order valence-corrected chi connectivity index (χ0v) is 18.5. The molecule has 1 saturated heterocycles. The van der Waals surface area contributed by atoms with Gasteiger partial charge in [-0.3, -0.25) is 4.79 Å². The lowest BCUT2D eigenvalue weighted by atomic mass is 10.2. The fourth-order valence-corrected chi connectivity index (χ4v) is 4.41. The minimum atomic E-state index is -0.158. The first-order chi connectivity index (χ1) is 14.6. The maximum Gasteiger partial charge on any atom is 0.274 e. The van der Waals surface area contributed by atoms with Gasteiger partial charge in [-0.2, -0.15) is 0 Å². The highest BCUT2D eigenvalue weighted by Crippen LogP contribution is 2.24. The van der Waals surface area contributed by atoms with E-state index in [2.05, 4.69) is 14.9 Å². The number of amides is 1. The number of hydrogen-bond donors (Lipinski definition) is 0. The fraction of sp³-hybridized carbons (Fsp3) is 0.227. The summed E-state index contributed by atoms with van der Waals surface area (Å²) >= 11 is 13.8. The van der Waals surface area contributed by atoms with Crippen LogP contribution in [-0.2, 0) is 5.75 Å². The Labute approximate surface area is 190 Å². The van der Waals surface area contributed by atoms with E-state index in [1.165, 1.54) is 23.5 Å². The van der Waals surface area contributed by atoms with Crippen molar-refractivity contribution in [1.82, 2.24) is 14.9 Å². The van der Waals surface area contributed by atoms with Crippen LogP contribution in [0.2, 0.25) is 10.0 Å². The normalized spacial score (nSPS) is 14.1. The van der Waals surface area contributed by atoms with E-state index in [9.17, 15) is 4.79 Å². The standard InChI is InChI=1S/C22H20Cl2N4OS/c23-17-7-4-8-18(13-17)27-9-11-28(12-10-27)21(29)20-19(24)14-25-22(26-20)30-15-16-5-2-1-3-6-16/h1-8,13-14H,9-12,15H2. The van der Waals surface area contributed by atoms with Crippen LogP contribution in [-0.4, -0.2) is 47.0 Å². The molecule has 0 atom stereocenters. The zero-order valence-electron chi connectivity index (χ0n) is 16.2. The highest BCUT2D eigenvalue weighted by molar-refractivity contribution is 7.98. The molecule has 1 aliphatic rings. The van der Waals surface area contributed by atoms with Crippen LogP contribution in [0.4, 0.5) is 5.69 Å². The van der Waals surface area contributed by atoms with Crippen molar-refractivity contribution in [2.75, 3.05) is 31.1 Å². The van der Waals surface area contributed by atoms with Crippen LogP contribution in [0.15, 0.2) is 66.0 Å². The van der Waals surface area contributed by atoms with Crippen molar-refractivity contribution >= 4 is 46.6 Å². The molecule has 0 unspecified atom stereocenters. The van der Waals surface area contributed by atoms with Crippen molar-refractivity contribution in [2.24, 2.45) is 0 Å². The van der Waals surface area contributed by atoms with Crippen LogP contribution >= 0.6 is 35.0 Å². The molecular formula is C22H20Cl2N4OS. The highest BCUT2D eigenvalue weighted by Gasteiger charge is 2.25. The van der Waals surface area contributed by atoms with Crippen molar-refractivity contribution in [2.45, 2.75) is 10.9 Å². The van der Waals surface area contributed by atoms with E-state index in [1.807, 2.05) is 54.6 Å². The third-order valence-electron chi connectivity index (χ3n) is 4.88. The van der Waals surface area contributed by atoms with Gasteiger partial charge in [0, 0.05) is 42.6 Å². The van der Waals surface area contributed by atoms with Crippen LogP contribution < -0.4 is 4.90 Å². The molecular weight excluding hydrogens is 439 g/mol. The second-order valence-electron chi connectivity index (χ2n) is 6.88. The van der Waals surface area contributed by atoms with Gasteiger partial charge in [0.15, 0.2) is 10.9 Å². The Balaban J connectivity index is 1.40. The summed E-state index contributed by atoms with van der Waals surface area (Å²) in [5.41, 5.74) is 2.50.